The van der Waals surface area contributed by atoms with E-state index in [0.717, 1.165) is 53.8 Å². The van der Waals surface area contributed by atoms with E-state index in [-0.39, 0.29) is 11.6 Å². The molecular weight excluding hydrogens is 449 g/mol. The number of hydrogen-bond acceptors (Lipinski definition) is 6. The van der Waals surface area contributed by atoms with Crippen LogP contribution in [0.25, 0.3) is 11.0 Å². The van der Waals surface area contributed by atoms with Crippen molar-refractivity contribution in [3.8, 4) is 0 Å². The monoisotopic (exact) mass is 470 g/mol. The molecule has 0 saturated carbocycles. The van der Waals surface area contributed by atoms with E-state index in [0.29, 0.717) is 12.1 Å². The van der Waals surface area contributed by atoms with Crippen LogP contribution in [0.2, 0.25) is 0 Å². The summed E-state index contributed by atoms with van der Waals surface area (Å²) in [5, 5.41) is 13.9. The summed E-state index contributed by atoms with van der Waals surface area (Å²) in [6, 6.07) is 8.53. The molecule has 176 valence electrons. The lowest BCUT2D eigenvalue weighted by molar-refractivity contribution is 0.0281. The molecule has 5 rings (SSSR count). The second kappa shape index (κ2) is 8.47. The standard InChI is InChI=1S/C23H21F3N6O2/c1-23(12-24,22(25)26)18-8-19(31-34-18)29-21(33)15-3-2-14-4-5-32(17(14)7-15)11-13-6-16-10-28-30-20(16)27-9-13/h2-3,6-10,22H,4-5,11-12H2,1H3,(H,27,28,30)(H,29,31,33). The highest BCUT2D eigenvalue weighted by Gasteiger charge is 2.41. The third-order valence-corrected chi connectivity index (χ3v) is 6.13. The minimum Gasteiger partial charge on any atom is -0.367 e. The van der Waals surface area contributed by atoms with Crippen molar-refractivity contribution in [2.45, 2.75) is 31.7 Å². The number of aromatic amines is 1. The van der Waals surface area contributed by atoms with E-state index in [9.17, 15) is 18.0 Å². The molecule has 0 fully saturated rings. The quantitative estimate of drug-likeness (QED) is 0.419. The van der Waals surface area contributed by atoms with Crippen LogP contribution in [0.3, 0.4) is 0 Å². The first kappa shape index (κ1) is 21.9. The van der Waals surface area contributed by atoms with Crippen LogP contribution in [0.5, 0.6) is 0 Å². The zero-order valence-electron chi connectivity index (χ0n) is 18.2. The van der Waals surface area contributed by atoms with Crippen molar-refractivity contribution in [2.24, 2.45) is 0 Å². The molecule has 1 atom stereocenters. The molecule has 0 bridgehead atoms. The number of benzene rings is 1. The number of aromatic nitrogens is 4. The molecule has 34 heavy (non-hydrogen) atoms. The van der Waals surface area contributed by atoms with Gasteiger partial charge in [-0.15, -0.1) is 0 Å². The second-order valence-corrected chi connectivity index (χ2v) is 8.55. The number of halogens is 3. The Kier molecular flexibility index (Phi) is 5.46. The van der Waals surface area contributed by atoms with E-state index in [4.69, 9.17) is 4.52 Å². The van der Waals surface area contributed by atoms with Gasteiger partial charge in [0, 0.05) is 42.0 Å². The molecule has 11 heteroatoms. The van der Waals surface area contributed by atoms with Crippen LogP contribution in [-0.2, 0) is 18.4 Å². The molecule has 4 aromatic rings. The Hall–Kier alpha value is -3.89. The predicted molar refractivity (Wildman–Crippen MR) is 119 cm³/mol. The SMILES string of the molecule is CC(CF)(c1cc(NC(=O)c2ccc3c(c2)N(Cc2cnc4[nH]ncc4c2)CC3)no1)C(F)F. The smallest absolute Gasteiger partial charge is 0.256 e. The fraction of sp³-hybridized carbons (Fsp3) is 0.304. The van der Waals surface area contributed by atoms with E-state index in [1.165, 1.54) is 0 Å². The largest absolute Gasteiger partial charge is 0.367 e. The van der Waals surface area contributed by atoms with E-state index in [1.54, 1.807) is 24.5 Å². The number of amides is 1. The van der Waals surface area contributed by atoms with Crippen molar-refractivity contribution in [3.63, 3.8) is 0 Å². The van der Waals surface area contributed by atoms with Gasteiger partial charge in [0.1, 0.15) is 12.1 Å². The van der Waals surface area contributed by atoms with Crippen molar-refractivity contribution in [1.82, 2.24) is 20.3 Å². The zero-order valence-corrected chi connectivity index (χ0v) is 18.2. The Bertz CT molecular complexity index is 1350. The molecule has 1 amide bonds. The minimum absolute atomic E-state index is 0.0582. The fourth-order valence-electron chi connectivity index (χ4n) is 3.96. The number of anilines is 2. The molecular formula is C23H21F3N6O2. The number of nitrogens with one attached hydrogen (secondary N) is 2. The van der Waals surface area contributed by atoms with Crippen molar-refractivity contribution in [3.05, 3.63) is 65.2 Å². The van der Waals surface area contributed by atoms with Gasteiger partial charge in [0.15, 0.2) is 17.2 Å². The molecule has 1 unspecified atom stereocenters. The first-order valence-corrected chi connectivity index (χ1v) is 10.7. The molecule has 2 N–H and O–H groups in total. The highest BCUT2D eigenvalue weighted by molar-refractivity contribution is 6.04. The zero-order chi connectivity index (χ0) is 23.9. The number of hydrogen-bond donors (Lipinski definition) is 2. The van der Waals surface area contributed by atoms with Gasteiger partial charge < -0.3 is 14.7 Å². The number of H-pyrrole nitrogens is 1. The van der Waals surface area contributed by atoms with Gasteiger partial charge in [-0.05, 0) is 42.7 Å². The molecule has 4 heterocycles. The summed E-state index contributed by atoms with van der Waals surface area (Å²) < 4.78 is 44.6. The van der Waals surface area contributed by atoms with Crippen LogP contribution >= 0.6 is 0 Å². The minimum atomic E-state index is -2.99. The Morgan fingerprint density at radius 3 is 2.94 bits per heavy atom. The normalized spacial score (nSPS) is 15.0. The maximum absolute atomic E-state index is 13.3. The Morgan fingerprint density at radius 2 is 2.15 bits per heavy atom. The van der Waals surface area contributed by atoms with Crippen LogP contribution in [0.15, 0.2) is 47.2 Å². The first-order chi connectivity index (χ1) is 16.4. The Balaban J connectivity index is 1.32. The molecule has 3 aromatic heterocycles. The molecule has 8 nitrogen and oxygen atoms in total. The first-order valence-electron chi connectivity index (χ1n) is 10.7. The number of nitrogens with zero attached hydrogens (tertiary/aromatic N) is 4. The molecule has 0 aliphatic carbocycles. The lowest BCUT2D eigenvalue weighted by Gasteiger charge is -2.21. The van der Waals surface area contributed by atoms with Gasteiger partial charge >= 0.3 is 0 Å². The van der Waals surface area contributed by atoms with Gasteiger partial charge in [-0.3, -0.25) is 9.89 Å². The van der Waals surface area contributed by atoms with Crippen LogP contribution in [0.4, 0.5) is 24.7 Å². The van der Waals surface area contributed by atoms with E-state index >= 15 is 0 Å². The molecule has 1 aliphatic rings. The fourth-order valence-corrected chi connectivity index (χ4v) is 3.96. The lowest BCUT2D eigenvalue weighted by Crippen LogP contribution is -2.32. The third-order valence-electron chi connectivity index (χ3n) is 6.13. The topological polar surface area (TPSA) is 99.9 Å². The van der Waals surface area contributed by atoms with Crippen molar-refractivity contribution >= 4 is 28.4 Å². The maximum Gasteiger partial charge on any atom is 0.256 e. The summed E-state index contributed by atoms with van der Waals surface area (Å²) in [5.41, 5.74) is 2.04. The Labute approximate surface area is 192 Å². The summed E-state index contributed by atoms with van der Waals surface area (Å²) in [4.78, 5) is 19.3. The molecule has 1 aliphatic heterocycles. The molecule has 1 aromatic carbocycles. The number of alkyl halides is 3. The number of fused-ring (bicyclic) bond motifs is 2. The molecule has 0 saturated heterocycles. The van der Waals surface area contributed by atoms with Crippen LogP contribution in [0.1, 0.15) is 34.2 Å². The predicted octanol–water partition coefficient (Wildman–Crippen LogP) is 4.25. The summed E-state index contributed by atoms with van der Waals surface area (Å²) in [5.74, 6) is -0.865. The number of rotatable bonds is 7. The highest BCUT2D eigenvalue weighted by Crippen LogP contribution is 2.34. The van der Waals surface area contributed by atoms with Gasteiger partial charge in [0.05, 0.1) is 6.20 Å². The highest BCUT2D eigenvalue weighted by atomic mass is 19.3. The third kappa shape index (κ3) is 3.87. The van der Waals surface area contributed by atoms with Gasteiger partial charge in [-0.2, -0.15) is 5.10 Å². The van der Waals surface area contributed by atoms with Crippen molar-refractivity contribution < 1.29 is 22.5 Å². The Morgan fingerprint density at radius 1 is 1.29 bits per heavy atom. The van der Waals surface area contributed by atoms with E-state index < -0.39 is 24.4 Å². The number of pyridine rings is 1. The number of carbonyl (C=O) groups excluding carboxylic acids is 1. The summed E-state index contributed by atoms with van der Waals surface area (Å²) in [7, 11) is 0. The summed E-state index contributed by atoms with van der Waals surface area (Å²) >= 11 is 0. The second-order valence-electron chi connectivity index (χ2n) is 8.55. The van der Waals surface area contributed by atoms with Gasteiger partial charge in [-0.25, -0.2) is 18.2 Å². The molecule has 0 radical (unpaired) electrons. The average molecular weight is 470 g/mol. The van der Waals surface area contributed by atoms with Crippen molar-refractivity contribution in [1.29, 1.82) is 0 Å². The van der Waals surface area contributed by atoms with Crippen LogP contribution in [0, 0.1) is 0 Å². The van der Waals surface area contributed by atoms with Crippen LogP contribution in [-0.4, -0.2) is 45.9 Å². The van der Waals surface area contributed by atoms with Gasteiger partial charge in [-0.1, -0.05) is 11.2 Å². The maximum atomic E-state index is 13.3. The van der Waals surface area contributed by atoms with E-state index in [1.807, 2.05) is 12.1 Å². The summed E-state index contributed by atoms with van der Waals surface area (Å²) in [6.45, 7) is 1.13. The lowest BCUT2D eigenvalue weighted by atomic mass is 9.90. The van der Waals surface area contributed by atoms with Crippen LogP contribution < -0.4 is 10.2 Å². The van der Waals surface area contributed by atoms with Gasteiger partial charge in [0.2, 0.25) is 0 Å². The van der Waals surface area contributed by atoms with Gasteiger partial charge in [0.25, 0.3) is 12.3 Å². The van der Waals surface area contributed by atoms with E-state index in [2.05, 4.69) is 30.6 Å². The summed E-state index contributed by atoms with van der Waals surface area (Å²) in [6.07, 6.45) is 1.38. The average Bonchev–Trinajstić information content (AvgIpc) is 3.58. The molecule has 0 spiro atoms. The number of carbonyl (C=O) groups is 1. The van der Waals surface area contributed by atoms with Crippen molar-refractivity contribution in [2.75, 3.05) is 23.4 Å².